The number of rotatable bonds is 5. The first-order chi connectivity index (χ1) is 13.5. The second kappa shape index (κ2) is 7.82. The Hall–Kier alpha value is -2.56. The fraction of sp³-hybridized carbons (Fsp3) is 0.478. The van der Waals surface area contributed by atoms with E-state index in [9.17, 15) is 9.59 Å². The van der Waals surface area contributed by atoms with Gasteiger partial charge < -0.3 is 15.0 Å². The minimum Gasteiger partial charge on any atom is -0.497 e. The molecule has 148 valence electrons. The number of hydrogen-bond acceptors (Lipinski definition) is 3. The van der Waals surface area contributed by atoms with E-state index in [0.717, 1.165) is 54.3 Å². The largest absolute Gasteiger partial charge is 0.497 e. The molecule has 0 radical (unpaired) electrons. The van der Waals surface area contributed by atoms with E-state index >= 15 is 0 Å². The molecule has 0 aromatic heterocycles. The van der Waals surface area contributed by atoms with Crippen LogP contribution in [0.15, 0.2) is 36.4 Å². The van der Waals surface area contributed by atoms with Crippen LogP contribution in [0.25, 0.3) is 10.8 Å². The summed E-state index contributed by atoms with van der Waals surface area (Å²) >= 11 is 0. The SMILES string of the molecule is COc1ccc2cc([C@H](C)C(=O)N3CCCC(C(=O)NC4CC4)C3)ccc2c1. The van der Waals surface area contributed by atoms with Crippen LogP contribution in [0.3, 0.4) is 0 Å². The molecular weight excluding hydrogens is 352 g/mol. The first kappa shape index (κ1) is 18.8. The molecule has 1 heterocycles. The predicted octanol–water partition coefficient (Wildman–Crippen LogP) is 3.47. The van der Waals surface area contributed by atoms with Crippen LogP contribution in [0.4, 0.5) is 0 Å². The molecule has 4 rings (SSSR count). The molecule has 1 saturated carbocycles. The lowest BCUT2D eigenvalue weighted by Crippen LogP contribution is -2.47. The van der Waals surface area contributed by atoms with E-state index in [-0.39, 0.29) is 23.7 Å². The number of piperidine rings is 1. The molecule has 5 nitrogen and oxygen atoms in total. The fourth-order valence-electron chi connectivity index (χ4n) is 3.99. The lowest BCUT2D eigenvalue weighted by molar-refractivity contribution is -0.136. The van der Waals surface area contributed by atoms with Crippen molar-refractivity contribution in [2.45, 2.75) is 44.6 Å². The Kier molecular flexibility index (Phi) is 5.25. The normalized spacial score (nSPS) is 20.6. The monoisotopic (exact) mass is 380 g/mol. The van der Waals surface area contributed by atoms with Gasteiger partial charge in [-0.15, -0.1) is 0 Å². The molecule has 1 unspecified atom stereocenters. The standard InChI is InChI=1S/C23H28N2O3/c1-15(16-5-6-18-13-21(28-2)10-7-17(18)12-16)23(27)25-11-3-4-19(14-25)22(26)24-20-8-9-20/h5-7,10,12-13,15,19-20H,3-4,8-9,11,14H2,1-2H3,(H,24,26)/t15-,19?/m0/s1. The van der Waals surface area contributed by atoms with Gasteiger partial charge in [-0.1, -0.05) is 24.3 Å². The Morgan fingerprint density at radius 1 is 1.11 bits per heavy atom. The predicted molar refractivity (Wildman–Crippen MR) is 109 cm³/mol. The number of nitrogens with one attached hydrogen (secondary N) is 1. The van der Waals surface area contributed by atoms with Gasteiger partial charge >= 0.3 is 0 Å². The van der Waals surface area contributed by atoms with E-state index < -0.39 is 0 Å². The molecule has 0 bridgehead atoms. The van der Waals surface area contributed by atoms with Crippen LogP contribution >= 0.6 is 0 Å². The molecule has 1 N–H and O–H groups in total. The molecule has 1 saturated heterocycles. The lowest BCUT2D eigenvalue weighted by atomic mass is 9.93. The summed E-state index contributed by atoms with van der Waals surface area (Å²) in [5, 5.41) is 5.28. The van der Waals surface area contributed by atoms with E-state index in [1.54, 1.807) is 7.11 Å². The van der Waals surface area contributed by atoms with Crippen LogP contribution in [0.2, 0.25) is 0 Å². The fourth-order valence-corrected chi connectivity index (χ4v) is 3.99. The molecule has 2 fully saturated rings. The van der Waals surface area contributed by atoms with Gasteiger partial charge in [-0.05, 0) is 61.1 Å². The highest BCUT2D eigenvalue weighted by molar-refractivity contribution is 5.89. The van der Waals surface area contributed by atoms with Gasteiger partial charge in [0, 0.05) is 19.1 Å². The van der Waals surface area contributed by atoms with Crippen molar-refractivity contribution in [2.24, 2.45) is 5.92 Å². The summed E-state index contributed by atoms with van der Waals surface area (Å²) in [4.78, 5) is 27.4. The summed E-state index contributed by atoms with van der Waals surface area (Å²) in [6.07, 6.45) is 3.94. The maximum atomic E-state index is 13.1. The Labute approximate surface area is 166 Å². The van der Waals surface area contributed by atoms with Crippen LogP contribution in [-0.2, 0) is 9.59 Å². The number of carbonyl (C=O) groups excluding carboxylic acids is 2. The zero-order valence-corrected chi connectivity index (χ0v) is 16.6. The first-order valence-corrected chi connectivity index (χ1v) is 10.2. The number of nitrogens with zero attached hydrogens (tertiary/aromatic N) is 1. The van der Waals surface area contributed by atoms with Gasteiger partial charge in [-0.3, -0.25) is 9.59 Å². The number of hydrogen-bond donors (Lipinski definition) is 1. The van der Waals surface area contributed by atoms with Crippen molar-refractivity contribution in [3.05, 3.63) is 42.0 Å². The number of ether oxygens (including phenoxy) is 1. The molecule has 1 aliphatic carbocycles. The summed E-state index contributed by atoms with van der Waals surface area (Å²) in [5.74, 6) is 0.753. The number of benzene rings is 2. The van der Waals surface area contributed by atoms with Gasteiger partial charge in [0.05, 0.1) is 18.9 Å². The van der Waals surface area contributed by atoms with Crippen molar-refractivity contribution in [2.75, 3.05) is 20.2 Å². The molecule has 2 aromatic carbocycles. The number of fused-ring (bicyclic) bond motifs is 1. The molecule has 28 heavy (non-hydrogen) atoms. The molecule has 2 aromatic rings. The number of carbonyl (C=O) groups is 2. The second-order valence-electron chi connectivity index (χ2n) is 8.10. The van der Waals surface area contributed by atoms with E-state index in [1.165, 1.54) is 0 Å². The summed E-state index contributed by atoms with van der Waals surface area (Å²) in [7, 11) is 1.66. The third kappa shape index (κ3) is 3.98. The molecular formula is C23H28N2O3. The third-order valence-electron chi connectivity index (χ3n) is 5.97. The van der Waals surface area contributed by atoms with Crippen molar-refractivity contribution in [1.82, 2.24) is 10.2 Å². The van der Waals surface area contributed by atoms with Gasteiger partial charge in [0.15, 0.2) is 0 Å². The number of amides is 2. The average Bonchev–Trinajstić information content (AvgIpc) is 3.56. The highest BCUT2D eigenvalue weighted by Crippen LogP contribution is 2.28. The minimum absolute atomic E-state index is 0.0745. The summed E-state index contributed by atoms with van der Waals surface area (Å²) < 4.78 is 5.28. The maximum Gasteiger partial charge on any atom is 0.229 e. The molecule has 2 atom stereocenters. The molecule has 2 amide bonds. The van der Waals surface area contributed by atoms with Crippen LogP contribution in [0, 0.1) is 5.92 Å². The summed E-state index contributed by atoms with van der Waals surface area (Å²) in [6.45, 7) is 3.23. The average molecular weight is 380 g/mol. The van der Waals surface area contributed by atoms with Gasteiger partial charge in [0.25, 0.3) is 0 Å². The van der Waals surface area contributed by atoms with Crippen molar-refractivity contribution in [1.29, 1.82) is 0 Å². The van der Waals surface area contributed by atoms with Gasteiger partial charge in [0.1, 0.15) is 5.75 Å². The Morgan fingerprint density at radius 2 is 1.86 bits per heavy atom. The van der Waals surface area contributed by atoms with E-state index in [0.29, 0.717) is 12.6 Å². The maximum absolute atomic E-state index is 13.1. The molecule has 1 aliphatic heterocycles. The van der Waals surface area contributed by atoms with Crippen molar-refractivity contribution < 1.29 is 14.3 Å². The van der Waals surface area contributed by atoms with Gasteiger partial charge in [-0.25, -0.2) is 0 Å². The summed E-state index contributed by atoms with van der Waals surface area (Å²) in [5.41, 5.74) is 1.01. The van der Waals surface area contributed by atoms with Gasteiger partial charge in [0.2, 0.25) is 11.8 Å². The Bertz CT molecular complexity index is 891. The zero-order chi connectivity index (χ0) is 19.7. The van der Waals surface area contributed by atoms with E-state index in [4.69, 9.17) is 4.74 Å². The highest BCUT2D eigenvalue weighted by Gasteiger charge is 2.33. The topological polar surface area (TPSA) is 58.6 Å². The lowest BCUT2D eigenvalue weighted by Gasteiger charge is -2.34. The number of methoxy groups -OCH3 is 1. The van der Waals surface area contributed by atoms with Crippen LogP contribution in [0.5, 0.6) is 5.75 Å². The van der Waals surface area contributed by atoms with Crippen molar-refractivity contribution >= 4 is 22.6 Å². The third-order valence-corrected chi connectivity index (χ3v) is 5.97. The quantitative estimate of drug-likeness (QED) is 0.864. The number of likely N-dealkylation sites (tertiary alicyclic amines) is 1. The van der Waals surface area contributed by atoms with Crippen LogP contribution in [0.1, 0.15) is 44.1 Å². The molecule has 2 aliphatic rings. The second-order valence-corrected chi connectivity index (χ2v) is 8.10. The zero-order valence-electron chi connectivity index (χ0n) is 16.6. The van der Waals surface area contributed by atoms with Gasteiger partial charge in [-0.2, -0.15) is 0 Å². The van der Waals surface area contributed by atoms with E-state index in [2.05, 4.69) is 11.4 Å². The Balaban J connectivity index is 1.46. The molecule has 0 spiro atoms. The van der Waals surface area contributed by atoms with Crippen LogP contribution < -0.4 is 10.1 Å². The minimum atomic E-state index is -0.225. The van der Waals surface area contributed by atoms with Crippen LogP contribution in [-0.4, -0.2) is 43.0 Å². The van der Waals surface area contributed by atoms with E-state index in [1.807, 2.05) is 42.2 Å². The smallest absolute Gasteiger partial charge is 0.229 e. The highest BCUT2D eigenvalue weighted by atomic mass is 16.5. The molecule has 5 heteroatoms. The van der Waals surface area contributed by atoms with Crippen molar-refractivity contribution in [3.63, 3.8) is 0 Å². The Morgan fingerprint density at radius 3 is 2.61 bits per heavy atom. The first-order valence-electron chi connectivity index (χ1n) is 10.2. The summed E-state index contributed by atoms with van der Waals surface area (Å²) in [6, 6.07) is 12.5. The van der Waals surface area contributed by atoms with Crippen molar-refractivity contribution in [3.8, 4) is 5.75 Å².